The highest BCUT2D eigenvalue weighted by Crippen LogP contribution is 2.27. The number of nitrogens with one attached hydrogen (secondary N) is 1. The van der Waals surface area contributed by atoms with Crippen molar-refractivity contribution in [2.24, 2.45) is 5.92 Å². The van der Waals surface area contributed by atoms with Crippen LogP contribution in [0.5, 0.6) is 0 Å². The second kappa shape index (κ2) is 3.16. The Morgan fingerprint density at radius 1 is 1.64 bits per heavy atom. The zero-order chi connectivity index (χ0) is 7.84. The van der Waals surface area contributed by atoms with Crippen molar-refractivity contribution in [3.63, 3.8) is 0 Å². The molecule has 3 nitrogen and oxygen atoms in total. The van der Waals surface area contributed by atoms with Gasteiger partial charge in [0.1, 0.15) is 0 Å². The van der Waals surface area contributed by atoms with Gasteiger partial charge in [-0.2, -0.15) is 0 Å². The lowest BCUT2D eigenvalue weighted by atomic mass is 10.0. The normalized spacial score (nSPS) is 49.6. The molecule has 0 aromatic heterocycles. The molecule has 2 fully saturated rings. The van der Waals surface area contributed by atoms with Gasteiger partial charge in [-0.15, -0.1) is 0 Å². The molecule has 0 radical (unpaired) electrons. The Balaban J connectivity index is 2.04. The van der Waals surface area contributed by atoms with Gasteiger partial charge < -0.3 is 15.2 Å². The van der Waals surface area contributed by atoms with Crippen LogP contribution in [0.4, 0.5) is 0 Å². The summed E-state index contributed by atoms with van der Waals surface area (Å²) >= 11 is 2.37. The smallest absolute Gasteiger partial charge is 0.0951 e. The van der Waals surface area contributed by atoms with Crippen molar-refractivity contribution in [1.82, 2.24) is 5.32 Å². The van der Waals surface area contributed by atoms with Crippen LogP contribution >= 0.6 is 22.6 Å². The summed E-state index contributed by atoms with van der Waals surface area (Å²) < 4.78 is 6.59. The van der Waals surface area contributed by atoms with E-state index in [9.17, 15) is 5.11 Å². The molecule has 2 aliphatic heterocycles. The van der Waals surface area contributed by atoms with Crippen molar-refractivity contribution in [2.75, 3.05) is 17.6 Å². The van der Waals surface area contributed by atoms with Crippen LogP contribution in [0.25, 0.3) is 0 Å². The molecule has 0 aromatic rings. The highest BCUT2D eigenvalue weighted by atomic mass is 127. The minimum Gasteiger partial charge on any atom is -0.389 e. The average Bonchev–Trinajstić information content (AvgIpc) is 2.53. The van der Waals surface area contributed by atoms with Crippen LogP contribution in [0.1, 0.15) is 0 Å². The first-order valence-corrected chi connectivity index (χ1v) is 5.44. The third-order valence-corrected chi connectivity index (χ3v) is 3.64. The predicted molar refractivity (Wildman–Crippen MR) is 49.9 cm³/mol. The summed E-state index contributed by atoms with van der Waals surface area (Å²) in [6.07, 6.45) is -0.0187. The lowest BCUT2D eigenvalue weighted by molar-refractivity contribution is 0.0690. The first-order chi connectivity index (χ1) is 5.33. The van der Waals surface area contributed by atoms with Gasteiger partial charge in [-0.05, 0) is 0 Å². The Hall–Kier alpha value is 0.610. The van der Waals surface area contributed by atoms with Crippen molar-refractivity contribution < 1.29 is 9.84 Å². The summed E-state index contributed by atoms with van der Waals surface area (Å²) in [5.74, 6) is 0.595. The maximum absolute atomic E-state index is 9.42. The second-order valence-electron chi connectivity index (χ2n) is 3.21. The van der Waals surface area contributed by atoms with Crippen LogP contribution in [0.3, 0.4) is 0 Å². The Morgan fingerprint density at radius 2 is 2.45 bits per heavy atom. The molecule has 0 unspecified atom stereocenters. The molecule has 64 valence electrons. The second-order valence-corrected chi connectivity index (χ2v) is 4.09. The summed E-state index contributed by atoms with van der Waals surface area (Å²) in [5, 5.41) is 12.7. The summed E-state index contributed by atoms with van der Waals surface area (Å²) in [7, 11) is 0. The van der Waals surface area contributed by atoms with E-state index < -0.39 is 0 Å². The van der Waals surface area contributed by atoms with Crippen molar-refractivity contribution in [1.29, 1.82) is 0 Å². The van der Waals surface area contributed by atoms with Gasteiger partial charge in [0.05, 0.1) is 24.9 Å². The van der Waals surface area contributed by atoms with E-state index in [0.717, 1.165) is 11.0 Å². The van der Waals surface area contributed by atoms with Crippen molar-refractivity contribution >= 4 is 22.6 Å². The van der Waals surface area contributed by atoms with Crippen LogP contribution in [0.15, 0.2) is 0 Å². The molecule has 2 aliphatic rings. The summed E-state index contributed by atoms with van der Waals surface area (Å²) in [6, 6.07) is 0.203. The molecule has 0 amide bonds. The molecule has 2 N–H and O–H groups in total. The van der Waals surface area contributed by atoms with Crippen molar-refractivity contribution in [3.05, 3.63) is 0 Å². The van der Waals surface area contributed by atoms with E-state index in [1.807, 2.05) is 0 Å². The van der Waals surface area contributed by atoms with Crippen LogP contribution in [-0.4, -0.2) is 40.9 Å². The van der Waals surface area contributed by atoms with Gasteiger partial charge in [0.15, 0.2) is 0 Å². The van der Waals surface area contributed by atoms with Gasteiger partial charge in [0.25, 0.3) is 0 Å². The number of alkyl halides is 1. The molecule has 4 heteroatoms. The Bertz CT molecular complexity index is 155. The fraction of sp³-hybridized carbons (Fsp3) is 1.00. The molecule has 2 rings (SSSR count). The zero-order valence-corrected chi connectivity index (χ0v) is 8.32. The quantitative estimate of drug-likeness (QED) is 0.510. The standard InChI is InChI=1S/C7H12INO2/c8-1-4-2-9-6-5(10)3-11-7(4)6/h4-7,9-10H,1-3H2/t4-,5-,6+,7+/m0/s1. The molecule has 0 aromatic carbocycles. The molecule has 0 bridgehead atoms. The number of hydrogen-bond donors (Lipinski definition) is 2. The zero-order valence-electron chi connectivity index (χ0n) is 6.16. The Morgan fingerprint density at radius 3 is 3.18 bits per heavy atom. The van der Waals surface area contributed by atoms with E-state index in [1.165, 1.54) is 0 Å². The fourth-order valence-electron chi connectivity index (χ4n) is 1.86. The number of rotatable bonds is 1. The largest absolute Gasteiger partial charge is 0.389 e. The summed E-state index contributed by atoms with van der Waals surface area (Å²) in [5.41, 5.74) is 0. The Kier molecular flexibility index (Phi) is 2.36. The van der Waals surface area contributed by atoms with Crippen LogP contribution in [0.2, 0.25) is 0 Å². The summed E-state index contributed by atoms with van der Waals surface area (Å²) in [6.45, 7) is 1.50. The summed E-state index contributed by atoms with van der Waals surface area (Å²) in [4.78, 5) is 0. The predicted octanol–water partition coefficient (Wildman–Crippen LogP) is -0.231. The number of aliphatic hydroxyl groups excluding tert-OH is 1. The third kappa shape index (κ3) is 1.30. The monoisotopic (exact) mass is 269 g/mol. The van der Waals surface area contributed by atoms with Gasteiger partial charge >= 0.3 is 0 Å². The topological polar surface area (TPSA) is 41.5 Å². The van der Waals surface area contributed by atoms with Crippen molar-refractivity contribution in [2.45, 2.75) is 18.2 Å². The third-order valence-electron chi connectivity index (χ3n) is 2.51. The van der Waals surface area contributed by atoms with Gasteiger partial charge in [-0.1, -0.05) is 22.6 Å². The molecule has 4 atom stereocenters. The van der Waals surface area contributed by atoms with E-state index in [1.54, 1.807) is 0 Å². The molecule has 0 aliphatic carbocycles. The van der Waals surface area contributed by atoms with Crippen LogP contribution in [-0.2, 0) is 4.74 Å². The van der Waals surface area contributed by atoms with Crippen molar-refractivity contribution in [3.8, 4) is 0 Å². The first-order valence-electron chi connectivity index (χ1n) is 3.92. The SMILES string of the molecule is O[C@H]1CO[C@@H]2[C@@H](CI)CN[C@@H]21. The van der Waals surface area contributed by atoms with Gasteiger partial charge in [0.2, 0.25) is 0 Å². The highest BCUT2D eigenvalue weighted by Gasteiger charge is 2.44. The fourth-order valence-corrected chi connectivity index (χ4v) is 2.68. The van der Waals surface area contributed by atoms with Crippen LogP contribution < -0.4 is 5.32 Å². The number of aliphatic hydroxyl groups is 1. The number of ether oxygens (including phenoxy) is 1. The van der Waals surface area contributed by atoms with E-state index in [-0.39, 0.29) is 18.2 Å². The molecule has 0 saturated carbocycles. The molecule has 2 heterocycles. The lowest BCUT2D eigenvalue weighted by Crippen LogP contribution is -2.36. The molecule has 2 saturated heterocycles. The van der Waals surface area contributed by atoms with E-state index in [0.29, 0.717) is 12.5 Å². The van der Waals surface area contributed by atoms with Gasteiger partial charge in [0, 0.05) is 16.9 Å². The van der Waals surface area contributed by atoms with Gasteiger partial charge in [-0.3, -0.25) is 0 Å². The minimum absolute atomic E-state index is 0.203. The molecular formula is C7H12INO2. The minimum atomic E-state index is -0.284. The number of halogens is 1. The highest BCUT2D eigenvalue weighted by molar-refractivity contribution is 14.1. The van der Waals surface area contributed by atoms with E-state index in [2.05, 4.69) is 27.9 Å². The number of hydrogen-bond acceptors (Lipinski definition) is 3. The van der Waals surface area contributed by atoms with Crippen LogP contribution in [0, 0.1) is 5.92 Å². The molecular weight excluding hydrogens is 257 g/mol. The van der Waals surface area contributed by atoms with E-state index in [4.69, 9.17) is 4.74 Å². The molecule has 11 heavy (non-hydrogen) atoms. The Labute approximate surface area is 79.6 Å². The maximum Gasteiger partial charge on any atom is 0.0951 e. The maximum atomic E-state index is 9.42. The molecule has 0 spiro atoms. The average molecular weight is 269 g/mol. The van der Waals surface area contributed by atoms with E-state index >= 15 is 0 Å². The van der Waals surface area contributed by atoms with Gasteiger partial charge in [-0.25, -0.2) is 0 Å². The lowest BCUT2D eigenvalue weighted by Gasteiger charge is -2.13. The number of fused-ring (bicyclic) bond motifs is 1. The first kappa shape index (κ1) is 8.22.